The van der Waals surface area contributed by atoms with Crippen molar-refractivity contribution in [2.45, 2.75) is 13.8 Å². The van der Waals surface area contributed by atoms with Gasteiger partial charge in [0.1, 0.15) is 5.95 Å². The summed E-state index contributed by atoms with van der Waals surface area (Å²) < 4.78 is 21.3. The maximum Gasteiger partial charge on any atom is 0.416 e. The van der Waals surface area contributed by atoms with Gasteiger partial charge in [-0.3, -0.25) is 4.52 Å². The van der Waals surface area contributed by atoms with Gasteiger partial charge < -0.3 is 14.6 Å². The van der Waals surface area contributed by atoms with E-state index in [2.05, 4.69) is 0 Å². The van der Waals surface area contributed by atoms with E-state index >= 15 is 0 Å². The SMILES string of the molecule is CCOC(=O)/C(O[P+](N(C)C)(N(C)C)N(C)C)=C(\[O-])OCC. The van der Waals surface area contributed by atoms with Crippen molar-refractivity contribution < 1.29 is 23.9 Å². The van der Waals surface area contributed by atoms with E-state index in [1.807, 2.05) is 56.3 Å². The minimum absolute atomic E-state index is 0.141. The predicted octanol–water partition coefficient (Wildman–Crippen LogP) is 0.494. The molecule has 130 valence electrons. The lowest BCUT2D eigenvalue weighted by molar-refractivity contribution is -0.360. The van der Waals surface area contributed by atoms with Gasteiger partial charge in [-0.2, -0.15) is 0 Å². The van der Waals surface area contributed by atoms with Crippen LogP contribution in [0.2, 0.25) is 0 Å². The van der Waals surface area contributed by atoms with Crippen LogP contribution in [-0.2, 0) is 18.8 Å². The van der Waals surface area contributed by atoms with Gasteiger partial charge in [-0.15, -0.1) is 14.0 Å². The van der Waals surface area contributed by atoms with Crippen molar-refractivity contribution in [1.29, 1.82) is 0 Å². The molecule has 0 unspecified atom stereocenters. The standard InChI is InChI=1S/C13H28N3O5P/c1-9-19-12(17)11(13(18)20-10-2)21-22(14(3)4,15(5)6)16(7)8/h9-10H2,1-8H3. The molecule has 9 heteroatoms. The Bertz CT molecular complexity index is 377. The molecule has 0 aliphatic rings. The Labute approximate surface area is 133 Å². The second-order valence-electron chi connectivity index (χ2n) is 4.92. The first-order chi connectivity index (χ1) is 10.1. The lowest BCUT2D eigenvalue weighted by Crippen LogP contribution is -2.38. The van der Waals surface area contributed by atoms with Crippen molar-refractivity contribution in [3.8, 4) is 0 Å². The van der Waals surface area contributed by atoms with E-state index in [0.717, 1.165) is 0 Å². The van der Waals surface area contributed by atoms with E-state index in [0.29, 0.717) is 0 Å². The molecule has 0 aromatic carbocycles. The van der Waals surface area contributed by atoms with Crippen LogP contribution in [0.1, 0.15) is 13.8 Å². The van der Waals surface area contributed by atoms with E-state index in [9.17, 15) is 9.90 Å². The Morgan fingerprint density at radius 1 is 0.909 bits per heavy atom. The summed E-state index contributed by atoms with van der Waals surface area (Å²) in [5, 5.41) is 12.1. The van der Waals surface area contributed by atoms with Gasteiger partial charge in [0.05, 0.1) is 6.61 Å². The molecule has 0 bridgehead atoms. The summed E-state index contributed by atoms with van der Waals surface area (Å²) in [5.41, 5.74) is 0. The van der Waals surface area contributed by atoms with Crippen LogP contribution in [0, 0.1) is 0 Å². The zero-order valence-corrected chi connectivity index (χ0v) is 15.6. The highest BCUT2D eigenvalue weighted by atomic mass is 31.2. The number of hydrogen-bond acceptors (Lipinski definition) is 8. The summed E-state index contributed by atoms with van der Waals surface area (Å²) in [7, 11) is 8.36. The normalized spacial score (nSPS) is 13.4. The molecule has 0 amide bonds. The molecule has 0 aliphatic carbocycles. The van der Waals surface area contributed by atoms with Gasteiger partial charge in [-0.25, -0.2) is 4.79 Å². The van der Waals surface area contributed by atoms with E-state index in [-0.39, 0.29) is 13.2 Å². The zero-order valence-electron chi connectivity index (χ0n) is 14.7. The number of carbonyl (C=O) groups excluding carboxylic acids is 1. The molecule has 0 heterocycles. The average Bonchev–Trinajstić information content (AvgIpc) is 2.38. The first-order valence-electron chi connectivity index (χ1n) is 6.98. The summed E-state index contributed by atoms with van der Waals surface area (Å²) in [4.78, 5) is 12.1. The molecule has 0 N–H and O–H groups in total. The molecular formula is C13H28N3O5P. The molecule has 0 fully saturated rings. The van der Waals surface area contributed by atoms with Gasteiger partial charge in [0.25, 0.3) is 5.76 Å². The lowest BCUT2D eigenvalue weighted by Gasteiger charge is -2.37. The third-order valence-electron chi connectivity index (χ3n) is 2.70. The highest BCUT2D eigenvalue weighted by Gasteiger charge is 2.54. The van der Waals surface area contributed by atoms with E-state index in [1.54, 1.807) is 13.8 Å². The molecule has 8 nitrogen and oxygen atoms in total. The topological polar surface area (TPSA) is 77.5 Å². The van der Waals surface area contributed by atoms with Crippen LogP contribution in [0.25, 0.3) is 0 Å². The molecule has 0 atom stereocenters. The fourth-order valence-corrected chi connectivity index (χ4v) is 5.02. The molecular weight excluding hydrogens is 309 g/mol. The molecule has 0 aromatic rings. The minimum atomic E-state index is -2.56. The fourth-order valence-electron chi connectivity index (χ4n) is 1.99. The maximum absolute atomic E-state index is 12.1. The van der Waals surface area contributed by atoms with Crippen molar-refractivity contribution in [2.75, 3.05) is 55.5 Å². The number of esters is 1. The molecule has 0 aromatic heterocycles. The first-order valence-corrected chi connectivity index (χ1v) is 8.54. The van der Waals surface area contributed by atoms with Crippen LogP contribution in [0.15, 0.2) is 11.7 Å². The predicted molar refractivity (Wildman–Crippen MR) is 84.4 cm³/mol. The average molecular weight is 337 g/mol. The summed E-state index contributed by atoms with van der Waals surface area (Å²) in [5.74, 6) is -2.08. The van der Waals surface area contributed by atoms with Gasteiger partial charge in [0.2, 0.25) is 0 Å². The molecule has 0 rings (SSSR count). The number of rotatable bonds is 9. The Morgan fingerprint density at radius 3 is 1.64 bits per heavy atom. The molecule has 0 radical (unpaired) electrons. The quantitative estimate of drug-likeness (QED) is 0.260. The fraction of sp³-hybridized carbons (Fsp3) is 0.769. The Balaban J connectivity index is 5.85. The van der Waals surface area contributed by atoms with Crippen LogP contribution < -0.4 is 5.11 Å². The third kappa shape index (κ3) is 4.71. The van der Waals surface area contributed by atoms with Gasteiger partial charge in [0, 0.05) is 42.3 Å². The summed E-state index contributed by atoms with van der Waals surface area (Å²) >= 11 is 0. The maximum atomic E-state index is 12.1. The van der Waals surface area contributed by atoms with Crippen molar-refractivity contribution in [2.24, 2.45) is 0 Å². The Morgan fingerprint density at radius 2 is 1.32 bits per heavy atom. The molecule has 0 saturated heterocycles. The number of ether oxygens (including phenoxy) is 2. The van der Waals surface area contributed by atoms with Crippen molar-refractivity contribution in [3.63, 3.8) is 0 Å². The monoisotopic (exact) mass is 337 g/mol. The van der Waals surface area contributed by atoms with Crippen LogP contribution in [0.3, 0.4) is 0 Å². The molecule has 22 heavy (non-hydrogen) atoms. The van der Waals surface area contributed by atoms with Gasteiger partial charge in [-0.05, 0) is 13.5 Å². The van der Waals surface area contributed by atoms with Crippen molar-refractivity contribution >= 4 is 13.9 Å². The Hall–Kier alpha value is -1.08. The summed E-state index contributed by atoms with van der Waals surface area (Å²) in [6.45, 7) is 3.60. The van der Waals surface area contributed by atoms with E-state index < -0.39 is 25.6 Å². The number of carbonyl (C=O) groups is 1. The summed E-state index contributed by atoms with van der Waals surface area (Å²) in [6.07, 6.45) is 0. The van der Waals surface area contributed by atoms with E-state index in [4.69, 9.17) is 14.0 Å². The van der Waals surface area contributed by atoms with Crippen molar-refractivity contribution in [1.82, 2.24) is 14.0 Å². The van der Waals surface area contributed by atoms with E-state index in [1.165, 1.54) is 0 Å². The molecule has 0 saturated carbocycles. The van der Waals surface area contributed by atoms with Gasteiger partial charge >= 0.3 is 13.9 Å². The largest absolute Gasteiger partial charge is 0.611 e. The van der Waals surface area contributed by atoms with Crippen LogP contribution in [0.4, 0.5) is 0 Å². The number of nitrogens with zero attached hydrogens (tertiary/aromatic N) is 3. The number of hydrogen-bond donors (Lipinski definition) is 0. The van der Waals surface area contributed by atoms with Gasteiger partial charge in [-0.1, -0.05) is 6.92 Å². The van der Waals surface area contributed by atoms with Crippen molar-refractivity contribution in [3.05, 3.63) is 11.7 Å². The smallest absolute Gasteiger partial charge is 0.416 e. The summed E-state index contributed by atoms with van der Waals surface area (Å²) in [6, 6.07) is 0. The molecule has 0 spiro atoms. The highest BCUT2D eigenvalue weighted by molar-refractivity contribution is 7.64. The Kier molecular flexibility index (Phi) is 8.70. The third-order valence-corrected chi connectivity index (χ3v) is 6.25. The second kappa shape index (κ2) is 9.15. The zero-order chi connectivity index (χ0) is 17.5. The minimum Gasteiger partial charge on any atom is -0.611 e. The highest BCUT2D eigenvalue weighted by Crippen LogP contribution is 2.65. The van der Waals surface area contributed by atoms with Crippen LogP contribution in [-0.4, -0.2) is 75.5 Å². The lowest BCUT2D eigenvalue weighted by atomic mass is 10.5. The van der Waals surface area contributed by atoms with Crippen LogP contribution in [0.5, 0.6) is 0 Å². The molecule has 0 aliphatic heterocycles. The van der Waals surface area contributed by atoms with Crippen LogP contribution >= 0.6 is 7.94 Å². The first kappa shape index (κ1) is 20.9. The van der Waals surface area contributed by atoms with Gasteiger partial charge in [0.15, 0.2) is 0 Å². The second-order valence-corrected chi connectivity index (χ2v) is 8.53.